The molecule has 2 N–H and O–H groups in total. The Kier molecular flexibility index (Phi) is 13.5. The number of rotatable bonds is 6. The van der Waals surface area contributed by atoms with Gasteiger partial charge in [-0.2, -0.15) is 0 Å². The predicted molar refractivity (Wildman–Crippen MR) is 149 cm³/mol. The Morgan fingerprint density at radius 2 is 1.43 bits per heavy atom. The summed E-state index contributed by atoms with van der Waals surface area (Å²) in [5.74, 6) is -2.26. The fourth-order valence-corrected chi connectivity index (χ4v) is 4.54. The second-order valence-electron chi connectivity index (χ2n) is 10.0. The van der Waals surface area contributed by atoms with Gasteiger partial charge < -0.3 is 24.8 Å². The largest absolute Gasteiger partial charge is 0.461 e. The first kappa shape index (κ1) is 30.7. The van der Waals surface area contributed by atoms with Gasteiger partial charge in [-0.05, 0) is 24.0 Å². The van der Waals surface area contributed by atoms with E-state index in [2.05, 4.69) is 10.6 Å². The zero-order valence-corrected chi connectivity index (χ0v) is 23.0. The van der Waals surface area contributed by atoms with E-state index >= 15 is 0 Å². The first-order valence-electron chi connectivity index (χ1n) is 14.1. The SMILES string of the molecule is O=C(CC1CCCCCCCCCNC(=O)OCOC(=O)C(Cc2ccccc2)NC1=O)OCc1ccccc1. The van der Waals surface area contributed by atoms with Crippen molar-refractivity contribution in [1.82, 2.24) is 10.6 Å². The molecule has 2 aromatic carbocycles. The minimum absolute atomic E-state index is 0.0882. The lowest BCUT2D eigenvalue weighted by Crippen LogP contribution is -2.46. The maximum atomic E-state index is 13.4. The van der Waals surface area contributed by atoms with Gasteiger partial charge in [0, 0.05) is 18.9 Å². The lowest BCUT2D eigenvalue weighted by atomic mass is 9.95. The van der Waals surface area contributed by atoms with Crippen LogP contribution in [0.4, 0.5) is 4.79 Å². The van der Waals surface area contributed by atoms with Crippen LogP contribution in [0, 0.1) is 5.92 Å². The number of nitrogens with one attached hydrogen (secondary N) is 2. The summed E-state index contributed by atoms with van der Waals surface area (Å²) < 4.78 is 15.6. The van der Waals surface area contributed by atoms with E-state index in [1.54, 1.807) is 0 Å². The maximum Gasteiger partial charge on any atom is 0.410 e. The van der Waals surface area contributed by atoms with Gasteiger partial charge >= 0.3 is 18.0 Å². The molecule has 0 aliphatic carbocycles. The number of carbonyl (C=O) groups excluding carboxylic acids is 4. The van der Waals surface area contributed by atoms with Gasteiger partial charge in [-0.1, -0.05) is 99.2 Å². The van der Waals surface area contributed by atoms with Crippen LogP contribution in [0.1, 0.15) is 68.9 Å². The molecule has 1 aliphatic rings. The Morgan fingerprint density at radius 3 is 2.12 bits per heavy atom. The van der Waals surface area contributed by atoms with E-state index in [1.807, 2.05) is 60.7 Å². The summed E-state index contributed by atoms with van der Waals surface area (Å²) in [6, 6.07) is 17.6. The van der Waals surface area contributed by atoms with Crippen LogP contribution in [0.15, 0.2) is 60.7 Å². The molecule has 2 unspecified atom stereocenters. The van der Waals surface area contributed by atoms with Crippen molar-refractivity contribution in [1.29, 1.82) is 0 Å². The molecule has 0 bridgehead atoms. The van der Waals surface area contributed by atoms with Crippen LogP contribution >= 0.6 is 0 Å². The highest BCUT2D eigenvalue weighted by atomic mass is 16.7. The lowest BCUT2D eigenvalue weighted by Gasteiger charge is -2.22. The van der Waals surface area contributed by atoms with E-state index in [-0.39, 0.29) is 19.4 Å². The van der Waals surface area contributed by atoms with Crippen LogP contribution in [-0.2, 0) is 41.6 Å². The normalized spacial score (nSPS) is 20.4. The molecule has 0 spiro atoms. The fourth-order valence-electron chi connectivity index (χ4n) is 4.54. The van der Waals surface area contributed by atoms with E-state index in [9.17, 15) is 19.2 Å². The van der Waals surface area contributed by atoms with Gasteiger partial charge in [0.05, 0.1) is 6.42 Å². The van der Waals surface area contributed by atoms with Gasteiger partial charge in [0.15, 0.2) is 0 Å². The highest BCUT2D eigenvalue weighted by molar-refractivity contribution is 5.88. The molecule has 2 aromatic rings. The van der Waals surface area contributed by atoms with Crippen molar-refractivity contribution in [3.8, 4) is 0 Å². The fraction of sp³-hybridized carbons (Fsp3) is 0.484. The lowest BCUT2D eigenvalue weighted by molar-refractivity contribution is -0.156. The standard InChI is InChI=1S/C31H40N2O7/c34-28(38-22-25-16-10-7-11-17-25)21-26-18-12-4-2-1-3-5-13-19-32-31(37)40-23-39-30(36)27(33-29(26)35)20-24-14-8-6-9-15-24/h6-11,14-17,26-27H,1-5,12-13,18-23H2,(H,32,37)(H,33,35). The van der Waals surface area contributed by atoms with Crippen molar-refractivity contribution in [2.24, 2.45) is 5.92 Å². The third-order valence-electron chi connectivity index (χ3n) is 6.80. The summed E-state index contributed by atoms with van der Waals surface area (Å²) in [7, 11) is 0. The van der Waals surface area contributed by atoms with Crippen LogP contribution in [-0.4, -0.2) is 43.3 Å². The Bertz CT molecular complexity index is 1060. The van der Waals surface area contributed by atoms with Crippen molar-refractivity contribution in [3.05, 3.63) is 71.8 Å². The van der Waals surface area contributed by atoms with Crippen LogP contribution in [0.5, 0.6) is 0 Å². The summed E-state index contributed by atoms with van der Waals surface area (Å²) in [5, 5.41) is 5.44. The van der Waals surface area contributed by atoms with Crippen LogP contribution in [0.2, 0.25) is 0 Å². The third kappa shape index (κ3) is 11.9. The smallest absolute Gasteiger partial charge is 0.410 e. The molecule has 9 nitrogen and oxygen atoms in total. The minimum Gasteiger partial charge on any atom is -0.461 e. The van der Waals surface area contributed by atoms with Gasteiger partial charge in [-0.25, -0.2) is 9.59 Å². The van der Waals surface area contributed by atoms with E-state index in [4.69, 9.17) is 14.2 Å². The second kappa shape index (κ2) is 17.7. The summed E-state index contributed by atoms with van der Waals surface area (Å²) in [6.45, 7) is 0.0487. The number of amides is 2. The summed E-state index contributed by atoms with van der Waals surface area (Å²) in [4.78, 5) is 51.0. The molecule has 1 saturated heterocycles. The zero-order valence-electron chi connectivity index (χ0n) is 23.0. The monoisotopic (exact) mass is 552 g/mol. The van der Waals surface area contributed by atoms with Crippen LogP contribution in [0.25, 0.3) is 0 Å². The van der Waals surface area contributed by atoms with Gasteiger partial charge in [0.2, 0.25) is 12.7 Å². The molecule has 0 aromatic heterocycles. The second-order valence-corrected chi connectivity index (χ2v) is 10.0. The first-order valence-corrected chi connectivity index (χ1v) is 14.1. The highest BCUT2D eigenvalue weighted by Gasteiger charge is 2.29. The molecule has 40 heavy (non-hydrogen) atoms. The third-order valence-corrected chi connectivity index (χ3v) is 6.80. The Morgan fingerprint density at radius 1 is 0.800 bits per heavy atom. The van der Waals surface area contributed by atoms with Crippen molar-refractivity contribution in [2.75, 3.05) is 13.3 Å². The molecular formula is C31H40N2O7. The maximum absolute atomic E-state index is 13.4. The molecule has 1 aliphatic heterocycles. The molecule has 216 valence electrons. The topological polar surface area (TPSA) is 120 Å². The number of alkyl carbamates (subject to hydrolysis) is 1. The number of hydrogen-bond acceptors (Lipinski definition) is 7. The molecular weight excluding hydrogens is 512 g/mol. The highest BCUT2D eigenvalue weighted by Crippen LogP contribution is 2.18. The van der Waals surface area contributed by atoms with E-state index in [1.165, 1.54) is 0 Å². The van der Waals surface area contributed by atoms with Gasteiger partial charge in [0.25, 0.3) is 0 Å². The van der Waals surface area contributed by atoms with Crippen molar-refractivity contribution in [2.45, 2.75) is 76.9 Å². The molecule has 9 heteroatoms. The molecule has 1 heterocycles. The number of esters is 2. The summed E-state index contributed by atoms with van der Waals surface area (Å²) in [6.07, 6.45) is 6.58. The van der Waals surface area contributed by atoms with Crippen molar-refractivity contribution < 1.29 is 33.4 Å². The van der Waals surface area contributed by atoms with Gasteiger partial charge in [0.1, 0.15) is 12.6 Å². The summed E-state index contributed by atoms with van der Waals surface area (Å²) in [5.41, 5.74) is 1.68. The Balaban J connectivity index is 1.69. The van der Waals surface area contributed by atoms with Crippen molar-refractivity contribution >= 4 is 23.9 Å². The average molecular weight is 553 g/mol. The Hall–Kier alpha value is -3.88. The number of benzene rings is 2. The number of carbonyl (C=O) groups is 4. The average Bonchev–Trinajstić information content (AvgIpc) is 2.96. The molecule has 3 rings (SSSR count). The first-order chi connectivity index (χ1) is 19.5. The van der Waals surface area contributed by atoms with Gasteiger partial charge in [-0.3, -0.25) is 9.59 Å². The van der Waals surface area contributed by atoms with Crippen LogP contribution in [0.3, 0.4) is 0 Å². The number of hydrogen-bond donors (Lipinski definition) is 2. The number of ether oxygens (including phenoxy) is 3. The van der Waals surface area contributed by atoms with Crippen molar-refractivity contribution in [3.63, 3.8) is 0 Å². The molecule has 0 radical (unpaired) electrons. The predicted octanol–water partition coefficient (Wildman–Crippen LogP) is 4.82. The van der Waals surface area contributed by atoms with E-state index in [0.29, 0.717) is 13.0 Å². The molecule has 1 fully saturated rings. The minimum atomic E-state index is -1.02. The Labute approximate surface area is 236 Å². The van der Waals surface area contributed by atoms with E-state index in [0.717, 1.165) is 56.1 Å². The molecule has 2 atom stereocenters. The number of cyclic esters (lactones) is 2. The molecule has 0 saturated carbocycles. The van der Waals surface area contributed by atoms with Crippen LogP contribution < -0.4 is 10.6 Å². The van der Waals surface area contributed by atoms with E-state index < -0.39 is 42.7 Å². The quantitative estimate of drug-likeness (QED) is 0.493. The summed E-state index contributed by atoms with van der Waals surface area (Å²) >= 11 is 0. The van der Waals surface area contributed by atoms with Gasteiger partial charge in [-0.15, -0.1) is 0 Å². The zero-order chi connectivity index (χ0) is 28.4. The molecule has 2 amide bonds.